The number of ether oxygens (including phenoxy) is 1. The van der Waals surface area contributed by atoms with Crippen molar-refractivity contribution in [2.75, 3.05) is 37.7 Å². The number of benzene rings is 1. The Labute approximate surface area is 161 Å². The highest BCUT2D eigenvalue weighted by Crippen LogP contribution is 2.38. The summed E-state index contributed by atoms with van der Waals surface area (Å²) in [5.41, 5.74) is 2.02. The Morgan fingerprint density at radius 1 is 1.26 bits per heavy atom. The van der Waals surface area contributed by atoms with E-state index in [4.69, 9.17) is 4.74 Å². The summed E-state index contributed by atoms with van der Waals surface area (Å²) in [4.78, 5) is 29.6. The van der Waals surface area contributed by atoms with Crippen molar-refractivity contribution in [1.82, 2.24) is 10.2 Å². The van der Waals surface area contributed by atoms with Crippen LogP contribution >= 0.6 is 0 Å². The van der Waals surface area contributed by atoms with Gasteiger partial charge in [0.1, 0.15) is 0 Å². The number of hydrogen-bond acceptors (Lipinski definition) is 4. The Hall–Kier alpha value is -2.08. The van der Waals surface area contributed by atoms with Crippen LogP contribution in [0.15, 0.2) is 24.3 Å². The summed E-state index contributed by atoms with van der Waals surface area (Å²) in [6, 6.07) is 8.29. The zero-order valence-electron chi connectivity index (χ0n) is 16.6. The van der Waals surface area contributed by atoms with E-state index >= 15 is 0 Å². The molecule has 0 radical (unpaired) electrons. The molecule has 0 bridgehead atoms. The molecule has 2 aliphatic rings. The number of nitrogens with zero attached hydrogens (tertiary/aromatic N) is 2. The van der Waals surface area contributed by atoms with Crippen molar-refractivity contribution < 1.29 is 14.3 Å². The Bertz CT molecular complexity index is 672. The fourth-order valence-corrected chi connectivity index (χ4v) is 3.87. The molecule has 1 aromatic carbocycles. The number of morpholine rings is 1. The molecule has 3 rings (SSSR count). The van der Waals surface area contributed by atoms with Gasteiger partial charge in [-0.15, -0.1) is 0 Å². The topological polar surface area (TPSA) is 61.9 Å². The molecule has 0 saturated carbocycles. The molecule has 0 spiro atoms. The lowest BCUT2D eigenvalue weighted by Gasteiger charge is -2.41. The van der Waals surface area contributed by atoms with Crippen LogP contribution in [0.25, 0.3) is 0 Å². The number of fused-ring (bicyclic) bond motifs is 1. The first-order chi connectivity index (χ1) is 13.0. The van der Waals surface area contributed by atoms with Crippen molar-refractivity contribution in [2.45, 2.75) is 51.6 Å². The Morgan fingerprint density at radius 2 is 1.96 bits per heavy atom. The molecule has 0 aromatic heterocycles. The number of rotatable bonds is 5. The van der Waals surface area contributed by atoms with Crippen LogP contribution in [-0.4, -0.2) is 61.6 Å². The first-order valence-corrected chi connectivity index (χ1v) is 10.0. The molecule has 3 atom stereocenters. The zero-order valence-corrected chi connectivity index (χ0v) is 16.6. The van der Waals surface area contributed by atoms with Gasteiger partial charge in [0.25, 0.3) is 0 Å². The first-order valence-electron chi connectivity index (χ1n) is 10.0. The first kappa shape index (κ1) is 19.7. The predicted molar refractivity (Wildman–Crippen MR) is 106 cm³/mol. The summed E-state index contributed by atoms with van der Waals surface area (Å²) in [5.74, 6) is 0.0465. The molecule has 2 heterocycles. The van der Waals surface area contributed by atoms with Crippen LogP contribution in [0.4, 0.5) is 5.69 Å². The molecule has 1 fully saturated rings. The van der Waals surface area contributed by atoms with Crippen molar-refractivity contribution in [3.8, 4) is 0 Å². The van der Waals surface area contributed by atoms with Crippen LogP contribution in [0, 0.1) is 0 Å². The van der Waals surface area contributed by atoms with Crippen LogP contribution < -0.4 is 10.2 Å². The Kier molecular flexibility index (Phi) is 6.37. The third-order valence-electron chi connectivity index (χ3n) is 5.72. The summed E-state index contributed by atoms with van der Waals surface area (Å²) >= 11 is 0. The van der Waals surface area contributed by atoms with Crippen LogP contribution in [-0.2, 0) is 14.3 Å². The highest BCUT2D eigenvalue weighted by atomic mass is 16.5. The normalized spacial score (nSPS) is 23.5. The standard InChI is InChI=1S/C21H31N3O3/c1-4-15(2)22-21(26)18-13-16(3)24(19-8-6-5-7-17(18)19)14-20(25)23-9-11-27-12-10-23/h5-8,15-16,18H,4,9-14H2,1-3H3,(H,22,26)/t15-,16-,18+/m0/s1. The van der Waals surface area contributed by atoms with E-state index in [0.717, 1.165) is 24.1 Å². The van der Waals surface area contributed by atoms with Crippen molar-refractivity contribution in [3.63, 3.8) is 0 Å². The van der Waals surface area contributed by atoms with Gasteiger partial charge in [0.05, 0.1) is 25.7 Å². The minimum absolute atomic E-state index is 0.0859. The van der Waals surface area contributed by atoms with Crippen molar-refractivity contribution in [3.05, 3.63) is 29.8 Å². The molecule has 27 heavy (non-hydrogen) atoms. The number of amides is 2. The molecule has 6 heteroatoms. The van der Waals surface area contributed by atoms with E-state index in [1.807, 2.05) is 36.1 Å². The minimum atomic E-state index is -0.167. The molecule has 6 nitrogen and oxygen atoms in total. The average Bonchev–Trinajstić information content (AvgIpc) is 2.70. The maximum Gasteiger partial charge on any atom is 0.242 e. The maximum atomic E-state index is 12.8. The second-order valence-corrected chi connectivity index (χ2v) is 7.64. The summed E-state index contributed by atoms with van der Waals surface area (Å²) in [6.07, 6.45) is 1.63. The van der Waals surface area contributed by atoms with Gasteiger partial charge in [-0.05, 0) is 38.3 Å². The van der Waals surface area contributed by atoms with E-state index in [1.165, 1.54) is 0 Å². The third-order valence-corrected chi connectivity index (χ3v) is 5.72. The fourth-order valence-electron chi connectivity index (χ4n) is 3.87. The highest BCUT2D eigenvalue weighted by molar-refractivity contribution is 5.88. The Balaban J connectivity index is 1.79. The lowest BCUT2D eigenvalue weighted by atomic mass is 9.85. The third kappa shape index (κ3) is 4.43. The number of para-hydroxylation sites is 1. The lowest BCUT2D eigenvalue weighted by molar-refractivity contribution is -0.133. The van der Waals surface area contributed by atoms with Gasteiger partial charge in [0, 0.05) is 30.9 Å². The van der Waals surface area contributed by atoms with Gasteiger partial charge in [-0.2, -0.15) is 0 Å². The zero-order chi connectivity index (χ0) is 19.4. The summed E-state index contributed by atoms with van der Waals surface area (Å²) in [6.45, 7) is 9.07. The van der Waals surface area contributed by atoms with E-state index in [-0.39, 0.29) is 29.8 Å². The van der Waals surface area contributed by atoms with Crippen LogP contribution in [0.3, 0.4) is 0 Å². The molecule has 1 aromatic rings. The number of anilines is 1. The van der Waals surface area contributed by atoms with Crippen LogP contribution in [0.2, 0.25) is 0 Å². The van der Waals surface area contributed by atoms with E-state index in [2.05, 4.69) is 24.1 Å². The monoisotopic (exact) mass is 373 g/mol. The second-order valence-electron chi connectivity index (χ2n) is 7.64. The van der Waals surface area contributed by atoms with Gasteiger partial charge in [0.2, 0.25) is 11.8 Å². The number of carbonyl (C=O) groups is 2. The summed E-state index contributed by atoms with van der Waals surface area (Å²) in [5, 5.41) is 3.12. The van der Waals surface area contributed by atoms with Crippen molar-refractivity contribution in [1.29, 1.82) is 0 Å². The molecule has 148 valence electrons. The van der Waals surface area contributed by atoms with Gasteiger partial charge in [-0.1, -0.05) is 25.1 Å². The molecule has 2 aliphatic heterocycles. The van der Waals surface area contributed by atoms with E-state index < -0.39 is 0 Å². The van der Waals surface area contributed by atoms with Gasteiger partial charge < -0.3 is 19.9 Å². The SMILES string of the molecule is CC[C@H](C)NC(=O)[C@@H]1C[C@H](C)N(CC(=O)N2CCOCC2)c2ccccc21. The molecule has 1 N–H and O–H groups in total. The van der Waals surface area contributed by atoms with E-state index in [0.29, 0.717) is 32.8 Å². The molecular formula is C21H31N3O3. The fraction of sp³-hybridized carbons (Fsp3) is 0.619. The molecular weight excluding hydrogens is 342 g/mol. The van der Waals surface area contributed by atoms with Crippen molar-refractivity contribution >= 4 is 17.5 Å². The van der Waals surface area contributed by atoms with Crippen molar-refractivity contribution in [2.24, 2.45) is 0 Å². The van der Waals surface area contributed by atoms with Gasteiger partial charge in [-0.25, -0.2) is 0 Å². The maximum absolute atomic E-state index is 12.8. The minimum Gasteiger partial charge on any atom is -0.378 e. The average molecular weight is 373 g/mol. The van der Waals surface area contributed by atoms with Gasteiger partial charge >= 0.3 is 0 Å². The number of carbonyl (C=O) groups excluding carboxylic acids is 2. The lowest BCUT2D eigenvalue weighted by Crippen LogP contribution is -2.50. The molecule has 2 amide bonds. The van der Waals surface area contributed by atoms with E-state index in [1.54, 1.807) is 0 Å². The highest BCUT2D eigenvalue weighted by Gasteiger charge is 2.35. The molecule has 0 unspecified atom stereocenters. The number of nitrogens with one attached hydrogen (secondary N) is 1. The van der Waals surface area contributed by atoms with Crippen LogP contribution in [0.5, 0.6) is 0 Å². The second kappa shape index (κ2) is 8.74. The summed E-state index contributed by atoms with van der Waals surface area (Å²) < 4.78 is 5.35. The molecule has 1 saturated heterocycles. The van der Waals surface area contributed by atoms with Crippen LogP contribution in [0.1, 0.15) is 45.1 Å². The summed E-state index contributed by atoms with van der Waals surface area (Å²) in [7, 11) is 0. The predicted octanol–water partition coefficient (Wildman–Crippen LogP) is 2.14. The quantitative estimate of drug-likeness (QED) is 0.859. The van der Waals surface area contributed by atoms with E-state index in [9.17, 15) is 9.59 Å². The molecule has 0 aliphatic carbocycles. The largest absolute Gasteiger partial charge is 0.378 e. The smallest absolute Gasteiger partial charge is 0.242 e. The van der Waals surface area contributed by atoms with Gasteiger partial charge in [-0.3, -0.25) is 9.59 Å². The van der Waals surface area contributed by atoms with Gasteiger partial charge in [0.15, 0.2) is 0 Å². The number of hydrogen-bond donors (Lipinski definition) is 1. The Morgan fingerprint density at radius 3 is 2.67 bits per heavy atom.